The molecule has 0 aliphatic heterocycles. The highest BCUT2D eigenvalue weighted by Gasteiger charge is 2.37. The molecule has 33 heavy (non-hydrogen) atoms. The van der Waals surface area contributed by atoms with E-state index in [1.165, 1.54) is 64.2 Å². The first-order valence-corrected chi connectivity index (χ1v) is 14.2. The molecule has 1 rings (SSSR count). The quantitative estimate of drug-likeness (QED) is 0.153. The Morgan fingerprint density at radius 2 is 1.06 bits per heavy atom. The number of carboxylic acid groups (broad SMARTS) is 1. The molecule has 0 aromatic carbocycles. The van der Waals surface area contributed by atoms with E-state index in [1.807, 2.05) is 0 Å². The van der Waals surface area contributed by atoms with Gasteiger partial charge in [-0.15, -0.1) is 0 Å². The summed E-state index contributed by atoms with van der Waals surface area (Å²) in [5.41, 5.74) is 0. The number of carbonyl (C=O) groups is 2. The molecule has 0 amide bonds. The van der Waals surface area contributed by atoms with Crippen LogP contribution in [0.15, 0.2) is 0 Å². The zero-order valence-electron chi connectivity index (χ0n) is 22.3. The molecule has 1 aliphatic carbocycles. The smallest absolute Gasteiger partial charge is 0.310 e. The molecule has 0 heterocycles. The van der Waals surface area contributed by atoms with Crippen LogP contribution in [0.25, 0.3) is 0 Å². The van der Waals surface area contributed by atoms with Crippen LogP contribution < -0.4 is 0 Å². The number of unbranched alkanes of at least 4 members (excludes halogenated alkanes) is 8. The highest BCUT2D eigenvalue weighted by Crippen LogP contribution is 2.32. The molecular weight excluding hydrogens is 412 g/mol. The highest BCUT2D eigenvalue weighted by atomic mass is 16.5. The van der Waals surface area contributed by atoms with Crippen LogP contribution in [0.4, 0.5) is 0 Å². The molecule has 1 fully saturated rings. The van der Waals surface area contributed by atoms with Crippen LogP contribution in [0.3, 0.4) is 0 Å². The van der Waals surface area contributed by atoms with Crippen molar-refractivity contribution in [3.8, 4) is 0 Å². The number of aliphatic carboxylic acids is 1. The zero-order valence-corrected chi connectivity index (χ0v) is 22.3. The van der Waals surface area contributed by atoms with Gasteiger partial charge < -0.3 is 9.84 Å². The van der Waals surface area contributed by atoms with Gasteiger partial charge in [-0.25, -0.2) is 0 Å². The van der Waals surface area contributed by atoms with Gasteiger partial charge in [-0.05, 0) is 50.4 Å². The second kappa shape index (κ2) is 18.3. The molecule has 4 heteroatoms. The molecule has 4 nitrogen and oxygen atoms in total. The van der Waals surface area contributed by atoms with Crippen LogP contribution in [0.5, 0.6) is 0 Å². The van der Waals surface area contributed by atoms with Crippen molar-refractivity contribution in [1.29, 1.82) is 0 Å². The average Bonchev–Trinajstić information content (AvgIpc) is 2.77. The van der Waals surface area contributed by atoms with Crippen LogP contribution in [0, 0.1) is 23.7 Å². The Morgan fingerprint density at radius 1 is 0.667 bits per heavy atom. The van der Waals surface area contributed by atoms with E-state index in [0.717, 1.165) is 50.4 Å². The fourth-order valence-corrected chi connectivity index (χ4v) is 5.13. The fraction of sp³-hybridized carbons (Fsp3) is 0.931. The molecule has 0 saturated heterocycles. The van der Waals surface area contributed by atoms with Gasteiger partial charge in [0.1, 0.15) is 6.10 Å². The van der Waals surface area contributed by atoms with Gasteiger partial charge in [-0.3, -0.25) is 9.59 Å². The third kappa shape index (κ3) is 14.7. The first kappa shape index (κ1) is 30.0. The molecular formula is C29H54O4. The van der Waals surface area contributed by atoms with Crippen LogP contribution in [0.2, 0.25) is 0 Å². The Morgan fingerprint density at radius 3 is 1.48 bits per heavy atom. The van der Waals surface area contributed by atoms with Crippen LogP contribution in [-0.2, 0) is 14.3 Å². The molecule has 0 spiro atoms. The van der Waals surface area contributed by atoms with Crippen molar-refractivity contribution < 1.29 is 19.4 Å². The van der Waals surface area contributed by atoms with E-state index >= 15 is 0 Å². The summed E-state index contributed by atoms with van der Waals surface area (Å²) >= 11 is 0. The van der Waals surface area contributed by atoms with Gasteiger partial charge in [0.25, 0.3) is 0 Å². The van der Waals surface area contributed by atoms with Gasteiger partial charge in [0.2, 0.25) is 0 Å². The number of hydrogen-bond acceptors (Lipinski definition) is 3. The van der Waals surface area contributed by atoms with Crippen molar-refractivity contribution in [3.05, 3.63) is 0 Å². The molecule has 3 unspecified atom stereocenters. The Balaban J connectivity index is 2.42. The van der Waals surface area contributed by atoms with E-state index in [-0.39, 0.29) is 12.1 Å². The Bertz CT molecular complexity index is 514. The van der Waals surface area contributed by atoms with E-state index in [0.29, 0.717) is 12.8 Å². The van der Waals surface area contributed by atoms with E-state index < -0.39 is 17.8 Å². The van der Waals surface area contributed by atoms with Crippen molar-refractivity contribution >= 4 is 11.9 Å². The van der Waals surface area contributed by atoms with Gasteiger partial charge in [-0.2, -0.15) is 0 Å². The summed E-state index contributed by atoms with van der Waals surface area (Å²) < 4.78 is 5.98. The van der Waals surface area contributed by atoms with Gasteiger partial charge in [-0.1, -0.05) is 105 Å². The van der Waals surface area contributed by atoms with Crippen molar-refractivity contribution in [1.82, 2.24) is 0 Å². The number of carbonyl (C=O) groups excluding carboxylic acids is 1. The second-order valence-electron chi connectivity index (χ2n) is 11.4. The lowest BCUT2D eigenvalue weighted by Crippen LogP contribution is -2.35. The van der Waals surface area contributed by atoms with Gasteiger partial charge in [0, 0.05) is 0 Å². The van der Waals surface area contributed by atoms with Crippen molar-refractivity contribution in [2.75, 3.05) is 0 Å². The Labute approximate surface area is 204 Å². The number of esters is 1. The number of rotatable bonds is 19. The summed E-state index contributed by atoms with van der Waals surface area (Å²) in [6.07, 6.45) is 19.9. The summed E-state index contributed by atoms with van der Waals surface area (Å²) in [5, 5.41) is 9.54. The second-order valence-corrected chi connectivity index (χ2v) is 11.4. The molecule has 1 saturated carbocycles. The lowest BCUT2D eigenvalue weighted by atomic mass is 9.79. The largest absolute Gasteiger partial charge is 0.481 e. The van der Waals surface area contributed by atoms with E-state index in [1.54, 1.807) is 0 Å². The lowest BCUT2D eigenvalue weighted by molar-refractivity contribution is -0.164. The van der Waals surface area contributed by atoms with Crippen molar-refractivity contribution in [2.24, 2.45) is 23.7 Å². The SMILES string of the molecule is CC(C)CCCCCCCCC(CCCCCCC(C)C)OC(=O)C1CCCCC1C(=O)O. The van der Waals surface area contributed by atoms with Gasteiger partial charge in [0.05, 0.1) is 11.8 Å². The van der Waals surface area contributed by atoms with Crippen LogP contribution >= 0.6 is 0 Å². The number of hydrogen-bond donors (Lipinski definition) is 1. The minimum atomic E-state index is -0.837. The first-order chi connectivity index (χ1) is 15.8. The van der Waals surface area contributed by atoms with Gasteiger partial charge in [0.15, 0.2) is 0 Å². The molecule has 0 bridgehead atoms. The first-order valence-electron chi connectivity index (χ1n) is 14.2. The third-order valence-corrected chi connectivity index (χ3v) is 7.28. The molecule has 1 aliphatic rings. The fourth-order valence-electron chi connectivity index (χ4n) is 5.13. The number of ether oxygens (including phenoxy) is 1. The minimum absolute atomic E-state index is 0.0417. The maximum Gasteiger partial charge on any atom is 0.310 e. The molecule has 0 aromatic rings. The van der Waals surface area contributed by atoms with Crippen LogP contribution in [-0.4, -0.2) is 23.1 Å². The summed E-state index contributed by atoms with van der Waals surface area (Å²) in [5.74, 6) is -0.534. The van der Waals surface area contributed by atoms with E-state index in [4.69, 9.17) is 4.74 Å². The monoisotopic (exact) mass is 466 g/mol. The van der Waals surface area contributed by atoms with Crippen LogP contribution in [0.1, 0.15) is 143 Å². The molecule has 194 valence electrons. The molecule has 0 radical (unpaired) electrons. The average molecular weight is 467 g/mol. The maximum atomic E-state index is 12.9. The highest BCUT2D eigenvalue weighted by molar-refractivity contribution is 5.81. The van der Waals surface area contributed by atoms with Gasteiger partial charge >= 0.3 is 11.9 Å². The topological polar surface area (TPSA) is 63.6 Å². The standard InChI is InChI=1S/C29H54O4/c1-23(2)17-11-7-5-6-8-13-19-25(20-14-10-9-12-18-24(3)4)33-29(32)27-22-16-15-21-26(27)28(30)31/h23-27H,5-22H2,1-4H3,(H,30,31). The predicted octanol–water partition coefficient (Wildman–Crippen LogP) is 8.56. The Kier molecular flexibility index (Phi) is 16.6. The van der Waals surface area contributed by atoms with E-state index in [9.17, 15) is 14.7 Å². The zero-order chi connectivity index (χ0) is 24.5. The predicted molar refractivity (Wildman–Crippen MR) is 137 cm³/mol. The molecule has 0 aromatic heterocycles. The third-order valence-electron chi connectivity index (χ3n) is 7.28. The summed E-state index contributed by atoms with van der Waals surface area (Å²) in [6.45, 7) is 9.13. The summed E-state index contributed by atoms with van der Waals surface area (Å²) in [7, 11) is 0. The lowest BCUT2D eigenvalue weighted by Gasteiger charge is -2.29. The number of carboxylic acids is 1. The Hall–Kier alpha value is -1.06. The summed E-state index contributed by atoms with van der Waals surface area (Å²) in [6, 6.07) is 0. The van der Waals surface area contributed by atoms with Crippen molar-refractivity contribution in [2.45, 2.75) is 149 Å². The summed E-state index contributed by atoms with van der Waals surface area (Å²) in [4.78, 5) is 24.5. The van der Waals surface area contributed by atoms with Crippen molar-refractivity contribution in [3.63, 3.8) is 0 Å². The minimum Gasteiger partial charge on any atom is -0.481 e. The molecule has 1 N–H and O–H groups in total. The molecule has 3 atom stereocenters. The normalized spacial score (nSPS) is 19.7. The van der Waals surface area contributed by atoms with E-state index in [2.05, 4.69) is 27.7 Å². The maximum absolute atomic E-state index is 12.9.